The summed E-state index contributed by atoms with van der Waals surface area (Å²) in [5.74, 6) is 1.83. The van der Waals surface area contributed by atoms with Crippen molar-refractivity contribution in [3.63, 3.8) is 0 Å². The highest BCUT2D eigenvalue weighted by molar-refractivity contribution is 7.71. The van der Waals surface area contributed by atoms with Crippen molar-refractivity contribution in [3.05, 3.63) is 40.4 Å². The highest BCUT2D eigenvalue weighted by Crippen LogP contribution is 2.20. The van der Waals surface area contributed by atoms with Crippen LogP contribution in [-0.2, 0) is 13.0 Å². The van der Waals surface area contributed by atoms with Crippen LogP contribution in [0.5, 0.6) is 5.75 Å². The second-order valence-corrected chi connectivity index (χ2v) is 4.47. The first-order valence-corrected chi connectivity index (χ1v) is 6.43. The number of ether oxygens (including phenoxy) is 1. The van der Waals surface area contributed by atoms with E-state index < -0.39 is 0 Å². The first-order valence-electron chi connectivity index (χ1n) is 6.02. The van der Waals surface area contributed by atoms with Crippen LogP contribution >= 0.6 is 12.2 Å². The molecule has 96 valence electrons. The van der Waals surface area contributed by atoms with Crippen LogP contribution in [0.3, 0.4) is 0 Å². The first-order chi connectivity index (χ1) is 8.76. The van der Waals surface area contributed by atoms with Gasteiger partial charge in [-0.2, -0.15) is 5.10 Å². The Morgan fingerprint density at radius 3 is 2.89 bits per heavy atom. The molecule has 4 nitrogen and oxygen atoms in total. The zero-order valence-corrected chi connectivity index (χ0v) is 11.5. The topological polar surface area (TPSA) is 42.8 Å². The molecule has 0 atom stereocenters. The Kier molecular flexibility index (Phi) is 4.15. The van der Waals surface area contributed by atoms with Gasteiger partial charge >= 0.3 is 0 Å². The number of nitrogens with zero attached hydrogens (tertiary/aromatic N) is 2. The average Bonchev–Trinajstić information content (AvgIpc) is 2.73. The lowest BCUT2D eigenvalue weighted by Crippen LogP contribution is -2.05. The molecule has 0 saturated heterocycles. The Labute approximate surface area is 112 Å². The van der Waals surface area contributed by atoms with E-state index in [-0.39, 0.29) is 0 Å². The molecule has 1 aromatic heterocycles. The zero-order chi connectivity index (χ0) is 13.0. The number of methoxy groups -OCH3 is 1. The fourth-order valence-corrected chi connectivity index (χ4v) is 2.20. The van der Waals surface area contributed by atoms with E-state index >= 15 is 0 Å². The van der Waals surface area contributed by atoms with E-state index in [1.165, 1.54) is 0 Å². The van der Waals surface area contributed by atoms with E-state index in [4.69, 9.17) is 17.0 Å². The van der Waals surface area contributed by atoms with Gasteiger partial charge in [0.2, 0.25) is 0 Å². The predicted molar refractivity (Wildman–Crippen MR) is 73.5 cm³/mol. The molecule has 1 N–H and O–H groups in total. The van der Waals surface area contributed by atoms with Gasteiger partial charge in [0.25, 0.3) is 0 Å². The van der Waals surface area contributed by atoms with Gasteiger partial charge in [-0.1, -0.05) is 25.1 Å². The van der Waals surface area contributed by atoms with Crippen LogP contribution in [0.15, 0.2) is 24.3 Å². The van der Waals surface area contributed by atoms with Gasteiger partial charge in [0.1, 0.15) is 11.6 Å². The van der Waals surface area contributed by atoms with Crippen molar-refractivity contribution in [1.82, 2.24) is 14.8 Å². The molecule has 0 amide bonds. The maximum atomic E-state index is 5.35. The molecule has 18 heavy (non-hydrogen) atoms. The molecule has 0 aliphatic rings. The number of aromatic amines is 1. The lowest BCUT2D eigenvalue weighted by Gasteiger charge is -2.08. The standard InChI is InChI=1S/C13H17N3OS/c1-3-8-16-12(14-15-13(16)18)9-10-6-4-5-7-11(10)17-2/h4-7H,3,8-9H2,1-2H3,(H,15,18). The molecule has 0 aliphatic heterocycles. The molecule has 0 saturated carbocycles. The summed E-state index contributed by atoms with van der Waals surface area (Å²) in [7, 11) is 1.68. The van der Waals surface area contributed by atoms with E-state index in [9.17, 15) is 0 Å². The maximum absolute atomic E-state index is 5.35. The van der Waals surface area contributed by atoms with Gasteiger partial charge in [-0.3, -0.25) is 5.10 Å². The quantitative estimate of drug-likeness (QED) is 0.843. The van der Waals surface area contributed by atoms with Gasteiger partial charge in [0, 0.05) is 18.5 Å². The normalized spacial score (nSPS) is 10.6. The summed E-state index contributed by atoms with van der Waals surface area (Å²) in [6, 6.07) is 7.97. The minimum Gasteiger partial charge on any atom is -0.496 e. The van der Waals surface area contributed by atoms with Gasteiger partial charge in [-0.25, -0.2) is 0 Å². The van der Waals surface area contributed by atoms with E-state index in [0.29, 0.717) is 4.77 Å². The van der Waals surface area contributed by atoms with E-state index in [1.54, 1.807) is 7.11 Å². The van der Waals surface area contributed by atoms with Crippen LogP contribution in [0.25, 0.3) is 0 Å². The predicted octanol–water partition coefficient (Wildman–Crippen LogP) is 2.95. The van der Waals surface area contributed by atoms with Gasteiger partial charge in [-0.05, 0) is 24.7 Å². The van der Waals surface area contributed by atoms with Crippen LogP contribution in [0.2, 0.25) is 0 Å². The molecule has 2 rings (SSSR count). The third-order valence-corrected chi connectivity index (χ3v) is 3.14. The number of aromatic nitrogens is 3. The molecule has 0 spiro atoms. The summed E-state index contributed by atoms with van der Waals surface area (Å²) in [6.45, 7) is 3.02. The summed E-state index contributed by atoms with van der Waals surface area (Å²) in [4.78, 5) is 0. The average molecular weight is 263 g/mol. The molecular weight excluding hydrogens is 246 g/mol. The summed E-state index contributed by atoms with van der Waals surface area (Å²) in [6.07, 6.45) is 1.75. The molecule has 0 unspecified atom stereocenters. The molecule has 5 heteroatoms. The highest BCUT2D eigenvalue weighted by atomic mass is 32.1. The highest BCUT2D eigenvalue weighted by Gasteiger charge is 2.09. The number of hydrogen-bond acceptors (Lipinski definition) is 3. The molecule has 1 aromatic carbocycles. The van der Waals surface area contributed by atoms with E-state index in [1.807, 2.05) is 28.8 Å². The summed E-state index contributed by atoms with van der Waals surface area (Å²) in [5, 5.41) is 7.15. The van der Waals surface area contributed by atoms with Crippen molar-refractivity contribution in [2.45, 2.75) is 26.3 Å². The van der Waals surface area contributed by atoms with Crippen molar-refractivity contribution < 1.29 is 4.74 Å². The fraction of sp³-hybridized carbons (Fsp3) is 0.385. The number of para-hydroxylation sites is 1. The van der Waals surface area contributed by atoms with Crippen molar-refractivity contribution in [1.29, 1.82) is 0 Å². The van der Waals surface area contributed by atoms with Crippen molar-refractivity contribution in [2.75, 3.05) is 7.11 Å². The minimum atomic E-state index is 0.682. The van der Waals surface area contributed by atoms with Crippen LogP contribution in [0.4, 0.5) is 0 Å². The molecule has 2 aromatic rings. The molecule has 1 heterocycles. The first kappa shape index (κ1) is 12.8. The molecule has 0 aliphatic carbocycles. The largest absolute Gasteiger partial charge is 0.496 e. The maximum Gasteiger partial charge on any atom is 0.195 e. The van der Waals surface area contributed by atoms with Gasteiger partial charge < -0.3 is 9.30 Å². The monoisotopic (exact) mass is 263 g/mol. The third kappa shape index (κ3) is 2.61. The molecular formula is C13H17N3OS. The Bertz CT molecular complexity index is 574. The Balaban J connectivity index is 2.31. The number of nitrogens with one attached hydrogen (secondary N) is 1. The molecule has 0 bridgehead atoms. The SMILES string of the molecule is CCCn1c(Cc2ccccc2OC)n[nH]c1=S. The number of benzene rings is 1. The third-order valence-electron chi connectivity index (χ3n) is 2.83. The Morgan fingerprint density at radius 2 is 2.17 bits per heavy atom. The van der Waals surface area contributed by atoms with Crippen LogP contribution in [0.1, 0.15) is 24.7 Å². The van der Waals surface area contributed by atoms with Gasteiger partial charge in [0.05, 0.1) is 7.11 Å². The summed E-state index contributed by atoms with van der Waals surface area (Å²) >= 11 is 5.23. The lowest BCUT2D eigenvalue weighted by atomic mass is 10.1. The van der Waals surface area contributed by atoms with Crippen molar-refractivity contribution in [2.24, 2.45) is 0 Å². The fourth-order valence-electron chi connectivity index (χ4n) is 1.96. The van der Waals surface area contributed by atoms with Crippen molar-refractivity contribution in [3.8, 4) is 5.75 Å². The number of rotatable bonds is 5. The second-order valence-electron chi connectivity index (χ2n) is 4.09. The zero-order valence-electron chi connectivity index (χ0n) is 10.6. The van der Waals surface area contributed by atoms with Crippen LogP contribution < -0.4 is 4.74 Å². The van der Waals surface area contributed by atoms with Crippen LogP contribution in [0, 0.1) is 4.77 Å². The Hall–Kier alpha value is -1.62. The van der Waals surface area contributed by atoms with Gasteiger partial charge in [0.15, 0.2) is 4.77 Å². The summed E-state index contributed by atoms with van der Waals surface area (Å²) in [5.41, 5.74) is 1.12. The summed E-state index contributed by atoms with van der Waals surface area (Å²) < 4.78 is 8.08. The van der Waals surface area contributed by atoms with Crippen molar-refractivity contribution >= 4 is 12.2 Å². The van der Waals surface area contributed by atoms with Crippen LogP contribution in [-0.4, -0.2) is 21.9 Å². The number of H-pyrrole nitrogens is 1. The second kappa shape index (κ2) is 5.82. The molecule has 0 fully saturated rings. The molecule has 0 radical (unpaired) electrons. The van der Waals surface area contributed by atoms with E-state index in [2.05, 4.69) is 17.1 Å². The van der Waals surface area contributed by atoms with E-state index in [0.717, 1.165) is 36.5 Å². The number of hydrogen-bond donors (Lipinski definition) is 1. The Morgan fingerprint density at radius 1 is 1.39 bits per heavy atom. The lowest BCUT2D eigenvalue weighted by molar-refractivity contribution is 0.410. The minimum absolute atomic E-state index is 0.682. The smallest absolute Gasteiger partial charge is 0.195 e. The van der Waals surface area contributed by atoms with Gasteiger partial charge in [-0.15, -0.1) is 0 Å².